The summed E-state index contributed by atoms with van der Waals surface area (Å²) in [5, 5.41) is 3.68. The Morgan fingerprint density at radius 1 is 1.21 bits per heavy atom. The maximum Gasteiger partial charge on any atom is 0.143 e. The van der Waals surface area contributed by atoms with E-state index < -0.39 is 5.82 Å². The molecule has 0 bridgehead atoms. The maximum absolute atomic E-state index is 13.3. The SMILES string of the molecule is COc1cc(Cl)c(C)cc1Nc1cc(N)cc(F)c1. The van der Waals surface area contributed by atoms with Crippen LogP contribution in [0.4, 0.5) is 21.5 Å². The number of nitrogens with one attached hydrogen (secondary N) is 1. The molecule has 2 aromatic carbocycles. The highest BCUT2D eigenvalue weighted by Crippen LogP contribution is 2.33. The fraction of sp³-hybridized carbons (Fsp3) is 0.143. The quantitative estimate of drug-likeness (QED) is 0.831. The molecule has 0 aromatic heterocycles. The second-order valence-corrected chi connectivity index (χ2v) is 4.61. The molecule has 0 saturated heterocycles. The molecule has 0 radical (unpaired) electrons. The molecule has 2 aromatic rings. The standard InChI is InChI=1S/C14H14ClFN2O/c1-8-3-13(14(19-2)7-12(8)15)18-11-5-9(16)4-10(17)6-11/h3-7,18H,17H2,1-2H3. The lowest BCUT2D eigenvalue weighted by molar-refractivity contribution is 0.417. The van der Waals surface area contributed by atoms with E-state index in [2.05, 4.69) is 5.32 Å². The minimum atomic E-state index is -0.396. The number of ether oxygens (including phenoxy) is 1. The third-order valence-corrected chi connectivity index (χ3v) is 3.09. The summed E-state index contributed by atoms with van der Waals surface area (Å²) in [6, 6.07) is 7.81. The number of benzene rings is 2. The Morgan fingerprint density at radius 2 is 1.95 bits per heavy atom. The summed E-state index contributed by atoms with van der Waals surface area (Å²) < 4.78 is 18.5. The molecule has 3 N–H and O–H groups in total. The highest BCUT2D eigenvalue weighted by molar-refractivity contribution is 6.31. The fourth-order valence-corrected chi connectivity index (χ4v) is 1.92. The molecule has 5 heteroatoms. The van der Waals surface area contributed by atoms with Crippen molar-refractivity contribution in [1.82, 2.24) is 0 Å². The molecule has 3 nitrogen and oxygen atoms in total. The van der Waals surface area contributed by atoms with Crippen molar-refractivity contribution in [3.05, 3.63) is 46.7 Å². The van der Waals surface area contributed by atoms with Crippen molar-refractivity contribution in [2.75, 3.05) is 18.2 Å². The van der Waals surface area contributed by atoms with Crippen LogP contribution in [0, 0.1) is 12.7 Å². The van der Waals surface area contributed by atoms with Gasteiger partial charge in [0, 0.05) is 22.5 Å². The summed E-state index contributed by atoms with van der Waals surface area (Å²) in [4.78, 5) is 0. The lowest BCUT2D eigenvalue weighted by Crippen LogP contribution is -1.97. The molecule has 0 amide bonds. The van der Waals surface area contributed by atoms with E-state index in [4.69, 9.17) is 22.1 Å². The maximum atomic E-state index is 13.3. The highest BCUT2D eigenvalue weighted by atomic mass is 35.5. The number of anilines is 3. The molecule has 0 saturated carbocycles. The Hall–Kier alpha value is -1.94. The van der Waals surface area contributed by atoms with E-state index in [0.717, 1.165) is 5.56 Å². The van der Waals surface area contributed by atoms with Gasteiger partial charge in [-0.25, -0.2) is 4.39 Å². The van der Waals surface area contributed by atoms with E-state index in [1.54, 1.807) is 19.2 Å². The molecule has 0 atom stereocenters. The molecule has 100 valence electrons. The molecule has 0 unspecified atom stereocenters. The van der Waals surface area contributed by atoms with Gasteiger partial charge in [0.25, 0.3) is 0 Å². The van der Waals surface area contributed by atoms with E-state index in [1.807, 2.05) is 13.0 Å². The van der Waals surface area contributed by atoms with Crippen LogP contribution >= 0.6 is 11.6 Å². The third-order valence-electron chi connectivity index (χ3n) is 2.68. The Morgan fingerprint density at radius 3 is 2.58 bits per heavy atom. The first kappa shape index (κ1) is 13.5. The molecular weight excluding hydrogens is 267 g/mol. The smallest absolute Gasteiger partial charge is 0.143 e. The van der Waals surface area contributed by atoms with E-state index in [9.17, 15) is 4.39 Å². The van der Waals surface area contributed by atoms with Gasteiger partial charge < -0.3 is 15.8 Å². The molecule has 0 spiro atoms. The Labute approximate surface area is 116 Å². The number of methoxy groups -OCH3 is 1. The van der Waals surface area contributed by atoms with Gasteiger partial charge in [-0.15, -0.1) is 0 Å². The molecule has 0 fully saturated rings. The van der Waals surface area contributed by atoms with Crippen molar-refractivity contribution in [2.45, 2.75) is 6.92 Å². The monoisotopic (exact) mass is 280 g/mol. The average Bonchev–Trinajstić information content (AvgIpc) is 2.32. The van der Waals surface area contributed by atoms with E-state index in [-0.39, 0.29) is 0 Å². The summed E-state index contributed by atoms with van der Waals surface area (Å²) in [7, 11) is 1.55. The average molecular weight is 281 g/mol. The van der Waals surface area contributed by atoms with Crippen molar-refractivity contribution in [3.63, 3.8) is 0 Å². The normalized spacial score (nSPS) is 10.3. The molecule has 0 heterocycles. The van der Waals surface area contributed by atoms with Crippen LogP contribution in [0.5, 0.6) is 5.75 Å². The fourth-order valence-electron chi connectivity index (χ4n) is 1.77. The zero-order chi connectivity index (χ0) is 14.0. The zero-order valence-corrected chi connectivity index (χ0v) is 11.4. The molecule has 0 aliphatic rings. The second kappa shape index (κ2) is 5.36. The predicted octanol–water partition coefficient (Wildman–Crippen LogP) is 4.12. The minimum absolute atomic E-state index is 0.354. The number of rotatable bonds is 3. The van der Waals surface area contributed by atoms with Gasteiger partial charge in [-0.1, -0.05) is 11.6 Å². The van der Waals surface area contributed by atoms with Crippen LogP contribution in [0.3, 0.4) is 0 Å². The van der Waals surface area contributed by atoms with E-state index >= 15 is 0 Å². The van der Waals surface area contributed by atoms with Gasteiger partial charge in [-0.05, 0) is 36.8 Å². The van der Waals surface area contributed by atoms with Gasteiger partial charge in [0.2, 0.25) is 0 Å². The summed E-state index contributed by atoms with van der Waals surface area (Å²) >= 11 is 6.03. The number of nitrogen functional groups attached to an aromatic ring is 1. The number of nitrogens with two attached hydrogens (primary N) is 1. The lowest BCUT2D eigenvalue weighted by atomic mass is 10.2. The van der Waals surface area contributed by atoms with Crippen LogP contribution in [-0.2, 0) is 0 Å². The predicted molar refractivity (Wildman–Crippen MR) is 76.8 cm³/mol. The van der Waals surface area contributed by atoms with Gasteiger partial charge in [0.1, 0.15) is 11.6 Å². The van der Waals surface area contributed by atoms with Crippen LogP contribution in [0.25, 0.3) is 0 Å². The largest absolute Gasteiger partial charge is 0.495 e. The summed E-state index contributed by atoms with van der Waals surface area (Å²) in [6.45, 7) is 1.88. The van der Waals surface area contributed by atoms with Crippen LogP contribution < -0.4 is 15.8 Å². The molecular formula is C14H14ClFN2O. The number of halogens is 2. The number of hydrogen-bond acceptors (Lipinski definition) is 3. The van der Waals surface area contributed by atoms with E-state index in [0.29, 0.717) is 27.8 Å². The van der Waals surface area contributed by atoms with Crippen molar-refractivity contribution >= 4 is 28.7 Å². The third kappa shape index (κ3) is 3.09. The summed E-state index contributed by atoms with van der Waals surface area (Å²) in [5.74, 6) is 0.186. The highest BCUT2D eigenvalue weighted by Gasteiger charge is 2.08. The number of aryl methyl sites for hydroxylation is 1. The number of hydrogen-bond donors (Lipinski definition) is 2. The first-order valence-electron chi connectivity index (χ1n) is 5.67. The van der Waals surface area contributed by atoms with Crippen LogP contribution in [0.15, 0.2) is 30.3 Å². The van der Waals surface area contributed by atoms with Crippen molar-refractivity contribution in [2.24, 2.45) is 0 Å². The van der Waals surface area contributed by atoms with Crippen molar-refractivity contribution in [1.29, 1.82) is 0 Å². The minimum Gasteiger partial charge on any atom is -0.495 e. The summed E-state index contributed by atoms with van der Waals surface area (Å²) in [5.41, 5.74) is 8.11. The Balaban J connectivity index is 2.39. The summed E-state index contributed by atoms with van der Waals surface area (Å²) in [6.07, 6.45) is 0. The van der Waals surface area contributed by atoms with Crippen LogP contribution in [0.1, 0.15) is 5.56 Å². The van der Waals surface area contributed by atoms with Gasteiger partial charge >= 0.3 is 0 Å². The molecule has 19 heavy (non-hydrogen) atoms. The van der Waals surface area contributed by atoms with Crippen LogP contribution in [-0.4, -0.2) is 7.11 Å². The zero-order valence-electron chi connectivity index (χ0n) is 10.6. The van der Waals surface area contributed by atoms with Crippen molar-refractivity contribution in [3.8, 4) is 5.75 Å². The Bertz CT molecular complexity index is 596. The van der Waals surface area contributed by atoms with Gasteiger partial charge in [0.15, 0.2) is 0 Å². The van der Waals surface area contributed by atoms with Gasteiger partial charge in [0.05, 0.1) is 12.8 Å². The Kier molecular flexibility index (Phi) is 3.81. The lowest BCUT2D eigenvalue weighted by Gasteiger charge is -2.13. The van der Waals surface area contributed by atoms with Gasteiger partial charge in [-0.3, -0.25) is 0 Å². The second-order valence-electron chi connectivity index (χ2n) is 4.20. The molecule has 2 rings (SSSR count). The molecule has 0 aliphatic heterocycles. The van der Waals surface area contributed by atoms with Gasteiger partial charge in [-0.2, -0.15) is 0 Å². The topological polar surface area (TPSA) is 47.3 Å². The van der Waals surface area contributed by atoms with E-state index in [1.165, 1.54) is 12.1 Å². The first-order chi connectivity index (χ1) is 8.99. The molecule has 0 aliphatic carbocycles. The first-order valence-corrected chi connectivity index (χ1v) is 6.04. The van der Waals surface area contributed by atoms with Crippen LogP contribution in [0.2, 0.25) is 5.02 Å². The van der Waals surface area contributed by atoms with Crippen molar-refractivity contribution < 1.29 is 9.13 Å².